The highest BCUT2D eigenvalue weighted by Crippen LogP contribution is 2.24. The fourth-order valence-corrected chi connectivity index (χ4v) is 1.46. The molecule has 1 rings (SSSR count). The van der Waals surface area contributed by atoms with Crippen LogP contribution in [0.15, 0.2) is 5.03 Å². The van der Waals surface area contributed by atoms with Crippen LogP contribution in [0.4, 0.5) is 5.82 Å². The summed E-state index contributed by atoms with van der Waals surface area (Å²) < 4.78 is 0. The molecule has 1 aromatic rings. The van der Waals surface area contributed by atoms with Gasteiger partial charge in [-0.1, -0.05) is 20.8 Å². The number of hydrogen-bond donors (Lipinski definition) is 2. The van der Waals surface area contributed by atoms with Crippen LogP contribution in [0.1, 0.15) is 26.3 Å². The van der Waals surface area contributed by atoms with Crippen molar-refractivity contribution < 1.29 is 4.79 Å². The first-order valence-electron chi connectivity index (χ1n) is 4.74. The maximum atomic E-state index is 11.7. The average Bonchev–Trinajstić information content (AvgIpc) is 2.58. The van der Waals surface area contributed by atoms with E-state index in [-0.39, 0.29) is 5.91 Å². The quantitative estimate of drug-likeness (QED) is 0.772. The van der Waals surface area contributed by atoms with Crippen LogP contribution in [-0.2, 0) is 4.79 Å². The van der Waals surface area contributed by atoms with Gasteiger partial charge in [0.25, 0.3) is 0 Å². The number of anilines is 1. The van der Waals surface area contributed by atoms with Gasteiger partial charge in [-0.3, -0.25) is 9.89 Å². The van der Waals surface area contributed by atoms with E-state index >= 15 is 0 Å². The second-order valence-electron chi connectivity index (χ2n) is 4.30. The number of carbonyl (C=O) groups excluding carboxylic acids is 1. The summed E-state index contributed by atoms with van der Waals surface area (Å²) in [5, 5.41) is 18.8. The predicted octanol–water partition coefficient (Wildman–Crippen LogP) is 1.99. The van der Waals surface area contributed by atoms with Crippen LogP contribution in [0.25, 0.3) is 0 Å². The van der Waals surface area contributed by atoms with Crippen LogP contribution < -0.4 is 5.32 Å². The van der Waals surface area contributed by atoms with Gasteiger partial charge in [0.15, 0.2) is 0 Å². The van der Waals surface area contributed by atoms with Crippen LogP contribution in [0.5, 0.6) is 0 Å². The Morgan fingerprint density at radius 1 is 1.56 bits per heavy atom. The molecule has 16 heavy (non-hydrogen) atoms. The molecular formula is C10H14N4OS. The summed E-state index contributed by atoms with van der Waals surface area (Å²) in [4.78, 5) is 11.7. The van der Waals surface area contributed by atoms with Gasteiger partial charge in [0, 0.05) is 5.41 Å². The highest BCUT2D eigenvalue weighted by Gasteiger charge is 2.23. The molecule has 0 aliphatic heterocycles. The molecule has 0 atom stereocenters. The molecule has 1 heterocycles. The molecule has 0 bridgehead atoms. The normalized spacial score (nSPS) is 10.9. The van der Waals surface area contributed by atoms with Crippen molar-refractivity contribution in [2.75, 3.05) is 11.6 Å². The molecule has 0 aliphatic rings. The van der Waals surface area contributed by atoms with Crippen molar-refractivity contribution in [1.82, 2.24) is 10.2 Å². The number of aromatic amines is 1. The maximum Gasteiger partial charge on any atom is 0.230 e. The molecule has 0 aliphatic carbocycles. The van der Waals surface area contributed by atoms with Gasteiger partial charge in [-0.05, 0) is 6.26 Å². The van der Waals surface area contributed by atoms with Crippen molar-refractivity contribution in [3.8, 4) is 6.07 Å². The molecule has 1 aromatic heterocycles. The van der Waals surface area contributed by atoms with E-state index < -0.39 is 5.41 Å². The minimum absolute atomic E-state index is 0.152. The molecule has 0 aromatic carbocycles. The molecule has 6 heteroatoms. The van der Waals surface area contributed by atoms with E-state index in [4.69, 9.17) is 5.26 Å². The summed E-state index contributed by atoms with van der Waals surface area (Å²) in [5.74, 6) is 0.215. The minimum Gasteiger partial charge on any atom is -0.309 e. The Bertz CT molecular complexity index is 439. The Morgan fingerprint density at radius 2 is 2.19 bits per heavy atom. The maximum absolute atomic E-state index is 11.7. The Morgan fingerprint density at radius 3 is 2.62 bits per heavy atom. The van der Waals surface area contributed by atoms with E-state index in [1.807, 2.05) is 12.3 Å². The minimum atomic E-state index is -0.503. The molecule has 2 N–H and O–H groups in total. The summed E-state index contributed by atoms with van der Waals surface area (Å²) >= 11 is 1.36. The zero-order valence-electron chi connectivity index (χ0n) is 9.71. The van der Waals surface area contributed by atoms with Crippen LogP contribution in [0.2, 0.25) is 0 Å². The first-order chi connectivity index (χ1) is 7.40. The van der Waals surface area contributed by atoms with Gasteiger partial charge in [0.2, 0.25) is 5.91 Å². The highest BCUT2D eigenvalue weighted by atomic mass is 32.2. The average molecular weight is 238 g/mol. The number of thioether (sulfide) groups is 1. The monoisotopic (exact) mass is 238 g/mol. The fourth-order valence-electron chi connectivity index (χ4n) is 0.968. The topological polar surface area (TPSA) is 81.6 Å². The number of carbonyl (C=O) groups is 1. The SMILES string of the molecule is CSc1n[nH]c(NC(=O)C(C)(C)C)c1C#N. The molecule has 1 amide bonds. The van der Waals surface area contributed by atoms with E-state index in [9.17, 15) is 4.79 Å². The van der Waals surface area contributed by atoms with Gasteiger partial charge in [0.05, 0.1) is 0 Å². The smallest absolute Gasteiger partial charge is 0.230 e. The molecule has 0 saturated heterocycles. The van der Waals surface area contributed by atoms with Gasteiger partial charge in [-0.15, -0.1) is 11.8 Å². The zero-order chi connectivity index (χ0) is 12.3. The Hall–Kier alpha value is -1.48. The van der Waals surface area contributed by atoms with Crippen LogP contribution in [0, 0.1) is 16.7 Å². The molecule has 86 valence electrons. The molecule has 0 spiro atoms. The van der Waals surface area contributed by atoms with Crippen molar-refractivity contribution in [2.24, 2.45) is 5.41 Å². The van der Waals surface area contributed by atoms with Crippen molar-refractivity contribution in [1.29, 1.82) is 5.26 Å². The van der Waals surface area contributed by atoms with E-state index in [0.29, 0.717) is 16.4 Å². The van der Waals surface area contributed by atoms with Gasteiger partial charge in [-0.25, -0.2) is 0 Å². The van der Waals surface area contributed by atoms with Gasteiger partial charge in [0.1, 0.15) is 22.5 Å². The van der Waals surface area contributed by atoms with Crippen molar-refractivity contribution in [3.05, 3.63) is 5.56 Å². The van der Waals surface area contributed by atoms with E-state index in [1.54, 1.807) is 20.8 Å². The molecule has 0 saturated carbocycles. The number of hydrogen-bond acceptors (Lipinski definition) is 4. The third-order valence-corrected chi connectivity index (χ3v) is 2.64. The molecule has 0 unspecified atom stereocenters. The lowest BCUT2D eigenvalue weighted by atomic mass is 9.96. The highest BCUT2D eigenvalue weighted by molar-refractivity contribution is 7.98. The van der Waals surface area contributed by atoms with Gasteiger partial charge in [-0.2, -0.15) is 10.4 Å². The lowest BCUT2D eigenvalue weighted by Gasteiger charge is -2.16. The molecule has 5 nitrogen and oxygen atoms in total. The van der Waals surface area contributed by atoms with E-state index in [2.05, 4.69) is 15.5 Å². The second kappa shape index (κ2) is 4.58. The van der Waals surface area contributed by atoms with Gasteiger partial charge < -0.3 is 5.32 Å². The number of nitrogens with zero attached hydrogens (tertiary/aromatic N) is 2. The summed E-state index contributed by atoms with van der Waals surface area (Å²) in [7, 11) is 0. The first kappa shape index (κ1) is 12.6. The molecular weight excluding hydrogens is 224 g/mol. The summed E-state index contributed by atoms with van der Waals surface area (Å²) in [5.41, 5.74) is -0.123. The lowest BCUT2D eigenvalue weighted by Crippen LogP contribution is -2.28. The number of rotatable bonds is 2. The Kier molecular flexibility index (Phi) is 3.60. The van der Waals surface area contributed by atoms with E-state index in [1.165, 1.54) is 11.8 Å². The summed E-state index contributed by atoms with van der Waals surface area (Å²) in [6.45, 7) is 5.42. The van der Waals surface area contributed by atoms with Crippen LogP contribution in [-0.4, -0.2) is 22.4 Å². The second-order valence-corrected chi connectivity index (χ2v) is 5.09. The first-order valence-corrected chi connectivity index (χ1v) is 5.96. The van der Waals surface area contributed by atoms with E-state index in [0.717, 1.165) is 0 Å². The predicted molar refractivity (Wildman–Crippen MR) is 63.2 cm³/mol. The number of amides is 1. The van der Waals surface area contributed by atoms with Crippen molar-refractivity contribution >= 4 is 23.5 Å². The summed E-state index contributed by atoms with van der Waals surface area (Å²) in [6, 6.07) is 2.02. The van der Waals surface area contributed by atoms with Gasteiger partial charge >= 0.3 is 0 Å². The number of nitriles is 1. The van der Waals surface area contributed by atoms with Crippen molar-refractivity contribution in [3.63, 3.8) is 0 Å². The molecule has 0 fully saturated rings. The van der Waals surface area contributed by atoms with Crippen LogP contribution >= 0.6 is 11.8 Å². The Labute approximate surface area is 98.6 Å². The standard InChI is InChI=1S/C10H14N4OS/c1-10(2,3)9(15)12-7-6(5-11)8(16-4)14-13-7/h1-4H3,(H2,12,13,14,15). The van der Waals surface area contributed by atoms with Crippen LogP contribution in [0.3, 0.4) is 0 Å². The largest absolute Gasteiger partial charge is 0.309 e. The zero-order valence-corrected chi connectivity index (χ0v) is 10.5. The Balaban J connectivity index is 2.96. The molecule has 0 radical (unpaired) electrons. The lowest BCUT2D eigenvalue weighted by molar-refractivity contribution is -0.123. The fraction of sp³-hybridized carbons (Fsp3) is 0.500. The summed E-state index contributed by atoms with van der Waals surface area (Å²) in [6.07, 6.45) is 1.83. The number of aromatic nitrogens is 2. The third kappa shape index (κ3) is 2.55. The number of nitrogens with one attached hydrogen (secondary N) is 2. The number of H-pyrrole nitrogens is 1. The van der Waals surface area contributed by atoms with Crippen molar-refractivity contribution in [2.45, 2.75) is 25.8 Å². The third-order valence-electron chi connectivity index (χ3n) is 1.96.